The summed E-state index contributed by atoms with van der Waals surface area (Å²) in [7, 11) is 0. The largest absolute Gasteiger partial charge is 0.426 e. The minimum absolute atomic E-state index is 0.0362. The van der Waals surface area contributed by atoms with Crippen molar-refractivity contribution in [2.75, 3.05) is 6.26 Å². The fraction of sp³-hybridized carbons (Fsp3) is 0.278. The highest BCUT2D eigenvalue weighted by atomic mass is 32.2. The first-order chi connectivity index (χ1) is 12.4. The van der Waals surface area contributed by atoms with E-state index in [1.165, 1.54) is 18.7 Å². The second-order valence-electron chi connectivity index (χ2n) is 5.80. The average molecular weight is 370 g/mol. The fourth-order valence-corrected chi connectivity index (χ4v) is 2.94. The van der Waals surface area contributed by atoms with Crippen LogP contribution in [0.1, 0.15) is 34.2 Å². The monoisotopic (exact) mass is 370 g/mol. The maximum absolute atomic E-state index is 12.3. The number of aryl methyl sites for hydroxylation is 2. The summed E-state index contributed by atoms with van der Waals surface area (Å²) in [5, 5.41) is 5.00. The quantitative estimate of drug-likeness (QED) is 0.295. The van der Waals surface area contributed by atoms with Gasteiger partial charge in [-0.2, -0.15) is 4.98 Å². The van der Waals surface area contributed by atoms with E-state index in [0.29, 0.717) is 22.2 Å². The van der Waals surface area contributed by atoms with Gasteiger partial charge in [0, 0.05) is 22.5 Å². The molecular weight excluding hydrogens is 352 g/mol. The molecule has 0 fully saturated rings. The number of nitrogens with zero attached hydrogens (tertiary/aromatic N) is 4. The van der Waals surface area contributed by atoms with Crippen molar-refractivity contribution in [2.45, 2.75) is 32.3 Å². The number of ketones is 1. The predicted molar refractivity (Wildman–Crippen MR) is 97.8 cm³/mol. The molecule has 134 valence electrons. The van der Waals surface area contributed by atoms with E-state index < -0.39 is 5.97 Å². The lowest BCUT2D eigenvalue weighted by Gasteiger charge is -2.10. The molecule has 0 bridgehead atoms. The van der Waals surface area contributed by atoms with Gasteiger partial charge in [-0.05, 0) is 51.3 Å². The van der Waals surface area contributed by atoms with Crippen LogP contribution in [0.3, 0.4) is 0 Å². The van der Waals surface area contributed by atoms with Crippen LogP contribution in [0.15, 0.2) is 29.4 Å². The van der Waals surface area contributed by atoms with Crippen LogP contribution in [-0.2, 0) is 11.2 Å². The Hall–Kier alpha value is -2.74. The van der Waals surface area contributed by atoms with Crippen molar-refractivity contribution in [3.05, 3.63) is 46.8 Å². The Kier molecular flexibility index (Phi) is 5.03. The van der Waals surface area contributed by atoms with Gasteiger partial charge in [0.2, 0.25) is 5.16 Å². The number of ether oxygens (including phenoxy) is 1. The summed E-state index contributed by atoms with van der Waals surface area (Å²) in [5.41, 5.74) is 2.87. The number of fused-ring (bicyclic) bond motifs is 1. The molecule has 7 nitrogen and oxygen atoms in total. The predicted octanol–water partition coefficient (Wildman–Crippen LogP) is 2.81. The van der Waals surface area contributed by atoms with Crippen molar-refractivity contribution >= 4 is 29.3 Å². The standard InChI is InChI=1S/C18H18N4O3S/c1-10-15(11(2)22-17(19-10)20-18(21-22)26-4)9-16(24)25-14-7-5-13(6-8-14)12(3)23/h5-8H,9H2,1-4H3. The number of hydrogen-bond donors (Lipinski definition) is 0. The van der Waals surface area contributed by atoms with Crippen molar-refractivity contribution in [3.63, 3.8) is 0 Å². The summed E-state index contributed by atoms with van der Waals surface area (Å²) in [6.45, 7) is 5.21. The van der Waals surface area contributed by atoms with Crippen LogP contribution in [0.2, 0.25) is 0 Å². The number of esters is 1. The van der Waals surface area contributed by atoms with Gasteiger partial charge in [-0.15, -0.1) is 5.10 Å². The van der Waals surface area contributed by atoms with Crippen molar-refractivity contribution in [3.8, 4) is 5.75 Å². The number of carbonyl (C=O) groups excluding carboxylic acids is 2. The minimum Gasteiger partial charge on any atom is -0.426 e. The number of rotatable bonds is 5. The first-order valence-electron chi connectivity index (χ1n) is 7.97. The van der Waals surface area contributed by atoms with Crippen LogP contribution < -0.4 is 4.74 Å². The van der Waals surface area contributed by atoms with Gasteiger partial charge in [0.15, 0.2) is 5.78 Å². The number of benzene rings is 1. The maximum Gasteiger partial charge on any atom is 0.315 e. The molecule has 3 rings (SSSR count). The van der Waals surface area contributed by atoms with E-state index in [1.54, 1.807) is 28.8 Å². The molecule has 0 radical (unpaired) electrons. The highest BCUT2D eigenvalue weighted by Gasteiger charge is 2.17. The SMILES string of the molecule is CSc1nc2nc(C)c(CC(=O)Oc3ccc(C(C)=O)cc3)c(C)n2n1. The highest BCUT2D eigenvalue weighted by molar-refractivity contribution is 7.98. The molecule has 26 heavy (non-hydrogen) atoms. The molecule has 0 aliphatic rings. The van der Waals surface area contributed by atoms with Gasteiger partial charge in [0.05, 0.1) is 6.42 Å². The average Bonchev–Trinajstić information content (AvgIpc) is 3.02. The zero-order chi connectivity index (χ0) is 18.8. The van der Waals surface area contributed by atoms with Gasteiger partial charge in [0.1, 0.15) is 5.75 Å². The summed E-state index contributed by atoms with van der Waals surface area (Å²) in [4.78, 5) is 32.4. The molecule has 2 aromatic heterocycles. The van der Waals surface area contributed by atoms with E-state index in [0.717, 1.165) is 17.0 Å². The van der Waals surface area contributed by atoms with Crippen molar-refractivity contribution in [1.29, 1.82) is 0 Å². The third-order valence-electron chi connectivity index (χ3n) is 4.03. The summed E-state index contributed by atoms with van der Waals surface area (Å²) in [6, 6.07) is 6.48. The Labute approximate surface area is 154 Å². The van der Waals surface area contributed by atoms with Gasteiger partial charge in [0.25, 0.3) is 5.78 Å². The molecule has 0 aliphatic heterocycles. The minimum atomic E-state index is -0.405. The van der Waals surface area contributed by atoms with Crippen LogP contribution in [0.25, 0.3) is 5.78 Å². The Morgan fingerprint density at radius 1 is 1.15 bits per heavy atom. The number of carbonyl (C=O) groups is 2. The number of hydrogen-bond acceptors (Lipinski definition) is 7. The fourth-order valence-electron chi connectivity index (χ4n) is 2.60. The third kappa shape index (κ3) is 3.60. The lowest BCUT2D eigenvalue weighted by atomic mass is 10.1. The van der Waals surface area contributed by atoms with Gasteiger partial charge < -0.3 is 4.74 Å². The first-order valence-corrected chi connectivity index (χ1v) is 9.20. The molecule has 0 atom stereocenters. The topological polar surface area (TPSA) is 86.5 Å². The second-order valence-corrected chi connectivity index (χ2v) is 6.58. The van der Waals surface area contributed by atoms with E-state index in [-0.39, 0.29) is 12.2 Å². The van der Waals surface area contributed by atoms with Gasteiger partial charge in [-0.3, -0.25) is 9.59 Å². The van der Waals surface area contributed by atoms with E-state index in [2.05, 4.69) is 15.1 Å². The van der Waals surface area contributed by atoms with E-state index in [1.807, 2.05) is 20.1 Å². The van der Waals surface area contributed by atoms with Crippen molar-refractivity contribution in [2.24, 2.45) is 0 Å². The molecule has 3 aromatic rings. The Bertz CT molecular complexity index is 996. The summed E-state index contributed by atoms with van der Waals surface area (Å²) in [6.07, 6.45) is 1.97. The Balaban J connectivity index is 1.81. The number of Topliss-reactive ketones (excluding diaryl/α,β-unsaturated/α-hetero) is 1. The molecule has 8 heteroatoms. The lowest BCUT2D eigenvalue weighted by molar-refractivity contribution is -0.133. The lowest BCUT2D eigenvalue weighted by Crippen LogP contribution is -2.15. The first kappa shape index (κ1) is 18.1. The molecule has 2 heterocycles. The number of aromatic nitrogens is 4. The van der Waals surface area contributed by atoms with Crippen LogP contribution >= 0.6 is 11.8 Å². The van der Waals surface area contributed by atoms with Gasteiger partial charge in [-0.1, -0.05) is 11.8 Å². The molecule has 0 spiro atoms. The molecule has 0 aliphatic carbocycles. The van der Waals surface area contributed by atoms with Crippen LogP contribution in [0, 0.1) is 13.8 Å². The summed E-state index contributed by atoms with van der Waals surface area (Å²) < 4.78 is 7.02. The van der Waals surface area contributed by atoms with Crippen molar-refractivity contribution in [1.82, 2.24) is 19.6 Å². The molecular formula is C18H18N4O3S. The highest BCUT2D eigenvalue weighted by Crippen LogP contribution is 2.19. The van der Waals surface area contributed by atoms with Crippen LogP contribution in [-0.4, -0.2) is 37.6 Å². The molecule has 0 saturated heterocycles. The third-order valence-corrected chi connectivity index (χ3v) is 4.56. The van der Waals surface area contributed by atoms with Gasteiger partial charge >= 0.3 is 5.97 Å². The smallest absolute Gasteiger partial charge is 0.315 e. The van der Waals surface area contributed by atoms with Crippen LogP contribution in [0.4, 0.5) is 0 Å². The Morgan fingerprint density at radius 3 is 2.46 bits per heavy atom. The van der Waals surface area contributed by atoms with Crippen LogP contribution in [0.5, 0.6) is 5.75 Å². The number of thioether (sulfide) groups is 1. The molecule has 0 amide bonds. The van der Waals surface area contributed by atoms with E-state index >= 15 is 0 Å². The molecule has 1 aromatic carbocycles. The summed E-state index contributed by atoms with van der Waals surface area (Å²) in [5.74, 6) is 0.472. The van der Waals surface area contributed by atoms with E-state index in [4.69, 9.17) is 4.74 Å². The normalized spacial score (nSPS) is 10.9. The molecule has 0 saturated carbocycles. The van der Waals surface area contributed by atoms with Gasteiger partial charge in [-0.25, -0.2) is 9.50 Å². The zero-order valence-corrected chi connectivity index (χ0v) is 15.8. The summed E-state index contributed by atoms with van der Waals surface area (Å²) >= 11 is 1.44. The zero-order valence-electron chi connectivity index (χ0n) is 14.9. The molecule has 0 N–H and O–H groups in total. The Morgan fingerprint density at radius 2 is 1.85 bits per heavy atom. The second kappa shape index (κ2) is 7.25. The maximum atomic E-state index is 12.3. The van der Waals surface area contributed by atoms with E-state index in [9.17, 15) is 9.59 Å². The molecule has 0 unspecified atom stereocenters. The van der Waals surface area contributed by atoms with Crippen molar-refractivity contribution < 1.29 is 14.3 Å².